The van der Waals surface area contributed by atoms with Crippen molar-refractivity contribution in [2.24, 2.45) is 0 Å². The zero-order chi connectivity index (χ0) is 21.6. The lowest BCUT2D eigenvalue weighted by molar-refractivity contribution is -0.247. The molecule has 31 heavy (non-hydrogen) atoms. The van der Waals surface area contributed by atoms with Crippen LogP contribution in [0, 0.1) is 0 Å². The van der Waals surface area contributed by atoms with E-state index in [0.717, 1.165) is 51.4 Å². The Hall–Kier alpha value is -1.52. The van der Waals surface area contributed by atoms with Gasteiger partial charge in [-0.1, -0.05) is 6.58 Å². The Labute approximate surface area is 181 Å². The number of hydrogen-bond donors (Lipinski definition) is 0. The monoisotopic (exact) mass is 438 g/mol. The van der Waals surface area contributed by atoms with Crippen molar-refractivity contribution in [3.8, 4) is 0 Å². The van der Waals surface area contributed by atoms with E-state index in [-0.39, 0.29) is 24.4 Å². The minimum absolute atomic E-state index is 0.0519. The number of carbonyl (C=O) groups is 2. The lowest BCUT2D eigenvalue weighted by Crippen LogP contribution is -2.56. The van der Waals surface area contributed by atoms with Crippen LogP contribution < -0.4 is 0 Å². The molecular formula is C22H30O9. The fourth-order valence-electron chi connectivity index (χ4n) is 5.28. The van der Waals surface area contributed by atoms with Gasteiger partial charge in [-0.05, 0) is 32.6 Å². The van der Waals surface area contributed by atoms with Crippen LogP contribution in [0.2, 0.25) is 0 Å². The molecule has 172 valence electrons. The van der Waals surface area contributed by atoms with E-state index in [4.69, 9.17) is 33.2 Å². The predicted octanol–water partition coefficient (Wildman–Crippen LogP) is 2.11. The Morgan fingerprint density at radius 3 is 2.10 bits per heavy atom. The highest BCUT2D eigenvalue weighted by Crippen LogP contribution is 2.51. The molecule has 9 heteroatoms. The second-order valence-electron chi connectivity index (χ2n) is 9.18. The number of hydrogen-bond acceptors (Lipinski definition) is 9. The number of rotatable bonds is 5. The van der Waals surface area contributed by atoms with E-state index in [1.54, 1.807) is 0 Å². The Morgan fingerprint density at radius 1 is 0.871 bits per heavy atom. The van der Waals surface area contributed by atoms with E-state index in [0.29, 0.717) is 0 Å². The Kier molecular flexibility index (Phi) is 5.58. The summed E-state index contributed by atoms with van der Waals surface area (Å²) in [6.45, 7) is 4.46. The largest absolute Gasteiger partial charge is 0.460 e. The first-order chi connectivity index (χ1) is 14.9. The van der Waals surface area contributed by atoms with Crippen molar-refractivity contribution in [2.75, 3.05) is 13.2 Å². The van der Waals surface area contributed by atoms with Crippen LogP contribution in [0.5, 0.6) is 0 Å². The van der Waals surface area contributed by atoms with Crippen LogP contribution in [-0.2, 0) is 42.7 Å². The molecular weight excluding hydrogens is 408 g/mol. The van der Waals surface area contributed by atoms with Gasteiger partial charge in [-0.25, -0.2) is 9.59 Å². The number of fused-ring (bicyclic) bond motifs is 3. The van der Waals surface area contributed by atoms with Gasteiger partial charge in [0.1, 0.15) is 31.0 Å². The second-order valence-corrected chi connectivity index (χ2v) is 9.18. The standard InChI is InChI=1S/C22H30O9/c1-13(2)19(24)26-12-15(23)25-11-14-16-17(29-21(28-16)7-3-4-8-21)18-20(27-14)31-22(30-18)9-5-6-10-22/h14,16-18,20H,1,3-12H2,2H3/t14-,16+,17+,18-,20+/m1/s1. The molecule has 0 radical (unpaired) electrons. The highest BCUT2D eigenvalue weighted by molar-refractivity contribution is 5.88. The summed E-state index contributed by atoms with van der Waals surface area (Å²) in [5.74, 6) is -2.54. The first-order valence-electron chi connectivity index (χ1n) is 11.2. The van der Waals surface area contributed by atoms with Crippen molar-refractivity contribution in [3.63, 3.8) is 0 Å². The van der Waals surface area contributed by atoms with Crippen molar-refractivity contribution in [1.29, 1.82) is 0 Å². The highest BCUT2D eigenvalue weighted by atomic mass is 16.9. The molecule has 5 rings (SSSR count). The summed E-state index contributed by atoms with van der Waals surface area (Å²) in [5, 5.41) is 0. The summed E-state index contributed by atoms with van der Waals surface area (Å²) in [6, 6.07) is 0. The van der Waals surface area contributed by atoms with E-state index in [2.05, 4.69) is 6.58 Å². The molecule has 3 heterocycles. The third kappa shape index (κ3) is 4.02. The molecule has 0 aromatic rings. The molecule has 3 aliphatic heterocycles. The number of ether oxygens (including phenoxy) is 7. The molecule has 0 unspecified atom stereocenters. The van der Waals surface area contributed by atoms with Crippen molar-refractivity contribution in [2.45, 2.75) is 101 Å². The van der Waals surface area contributed by atoms with Crippen LogP contribution in [0.4, 0.5) is 0 Å². The van der Waals surface area contributed by atoms with Crippen LogP contribution >= 0.6 is 0 Å². The maximum absolute atomic E-state index is 12.1. The lowest BCUT2D eigenvalue weighted by Gasteiger charge is -2.36. The van der Waals surface area contributed by atoms with Gasteiger partial charge in [0.15, 0.2) is 24.5 Å². The lowest BCUT2D eigenvalue weighted by atomic mass is 9.99. The molecule has 3 saturated heterocycles. The molecule has 0 amide bonds. The van der Waals surface area contributed by atoms with Gasteiger partial charge in [-0.3, -0.25) is 0 Å². The average molecular weight is 438 g/mol. The second kappa shape index (κ2) is 8.12. The summed E-state index contributed by atoms with van der Waals surface area (Å²) in [6.07, 6.45) is 5.22. The third-order valence-corrected chi connectivity index (χ3v) is 6.78. The molecule has 5 atom stereocenters. The zero-order valence-electron chi connectivity index (χ0n) is 17.8. The van der Waals surface area contributed by atoms with Gasteiger partial charge in [0, 0.05) is 31.3 Å². The number of esters is 2. The van der Waals surface area contributed by atoms with Gasteiger partial charge in [0.2, 0.25) is 0 Å². The molecule has 5 fully saturated rings. The van der Waals surface area contributed by atoms with E-state index in [1.165, 1.54) is 6.92 Å². The Balaban J connectivity index is 1.26. The molecule has 2 spiro atoms. The number of carbonyl (C=O) groups excluding carboxylic acids is 2. The van der Waals surface area contributed by atoms with E-state index in [9.17, 15) is 9.59 Å². The topological polar surface area (TPSA) is 98.8 Å². The van der Waals surface area contributed by atoms with Gasteiger partial charge in [-0.15, -0.1) is 0 Å². The van der Waals surface area contributed by atoms with E-state index in [1.807, 2.05) is 0 Å². The maximum Gasteiger partial charge on any atom is 0.344 e. The summed E-state index contributed by atoms with van der Waals surface area (Å²) < 4.78 is 41.8. The van der Waals surface area contributed by atoms with Crippen LogP contribution in [0.3, 0.4) is 0 Å². The van der Waals surface area contributed by atoms with Gasteiger partial charge >= 0.3 is 11.9 Å². The third-order valence-electron chi connectivity index (χ3n) is 6.78. The molecule has 9 nitrogen and oxygen atoms in total. The van der Waals surface area contributed by atoms with Crippen molar-refractivity contribution >= 4 is 11.9 Å². The maximum atomic E-state index is 12.1. The first-order valence-corrected chi connectivity index (χ1v) is 11.2. The molecule has 0 aromatic heterocycles. The van der Waals surface area contributed by atoms with E-state index < -0.39 is 48.6 Å². The normalized spacial score (nSPS) is 37.0. The summed E-state index contributed by atoms with van der Waals surface area (Å²) >= 11 is 0. The molecule has 0 bridgehead atoms. The quantitative estimate of drug-likeness (QED) is 0.472. The van der Waals surface area contributed by atoms with E-state index >= 15 is 0 Å². The fourth-order valence-corrected chi connectivity index (χ4v) is 5.28. The van der Waals surface area contributed by atoms with Crippen molar-refractivity contribution in [3.05, 3.63) is 12.2 Å². The zero-order valence-corrected chi connectivity index (χ0v) is 17.8. The van der Waals surface area contributed by atoms with Crippen LogP contribution in [0.15, 0.2) is 12.2 Å². The summed E-state index contributed by atoms with van der Waals surface area (Å²) in [7, 11) is 0. The first kappa shape index (κ1) is 21.3. The van der Waals surface area contributed by atoms with Crippen LogP contribution in [0.25, 0.3) is 0 Å². The minimum atomic E-state index is -0.665. The van der Waals surface area contributed by atoms with Gasteiger partial charge in [0.25, 0.3) is 0 Å². The van der Waals surface area contributed by atoms with Crippen LogP contribution in [-0.4, -0.2) is 67.4 Å². The van der Waals surface area contributed by atoms with Gasteiger partial charge in [-0.2, -0.15) is 0 Å². The van der Waals surface area contributed by atoms with Crippen molar-refractivity contribution in [1.82, 2.24) is 0 Å². The molecule has 5 aliphatic rings. The average Bonchev–Trinajstić information content (AvgIpc) is 3.52. The Morgan fingerprint density at radius 2 is 1.45 bits per heavy atom. The molecule has 0 N–H and O–H groups in total. The minimum Gasteiger partial charge on any atom is -0.460 e. The van der Waals surface area contributed by atoms with Gasteiger partial charge < -0.3 is 33.2 Å². The Bertz CT molecular complexity index is 737. The van der Waals surface area contributed by atoms with Gasteiger partial charge in [0.05, 0.1) is 0 Å². The van der Waals surface area contributed by atoms with Crippen LogP contribution in [0.1, 0.15) is 58.3 Å². The highest BCUT2D eigenvalue weighted by Gasteiger charge is 2.64. The molecule has 0 aromatic carbocycles. The summed E-state index contributed by atoms with van der Waals surface area (Å²) in [4.78, 5) is 23.5. The molecule has 2 saturated carbocycles. The molecule has 2 aliphatic carbocycles. The SMILES string of the molecule is C=C(C)C(=O)OCC(=O)OC[C@H]1O[C@H]2OC3(CCCC3)O[C@@H]2[C@H]2OC3(CCCC3)O[C@H]21. The predicted molar refractivity (Wildman–Crippen MR) is 103 cm³/mol. The fraction of sp³-hybridized carbons (Fsp3) is 0.818. The van der Waals surface area contributed by atoms with Crippen molar-refractivity contribution < 1.29 is 42.7 Å². The summed E-state index contributed by atoms with van der Waals surface area (Å²) in [5.41, 5.74) is 0.217. The smallest absolute Gasteiger partial charge is 0.344 e.